The van der Waals surface area contributed by atoms with Gasteiger partial charge in [0.25, 0.3) is 0 Å². The molecule has 5 nitrogen and oxygen atoms in total. The monoisotopic (exact) mass is 417 g/mol. The molecule has 0 N–H and O–H groups in total. The molecule has 0 aliphatic carbocycles. The Bertz CT molecular complexity index is 949. The molecule has 0 saturated carbocycles. The number of amides is 1. The molecule has 5 heteroatoms. The second-order valence-electron chi connectivity index (χ2n) is 8.61. The predicted octanol–water partition coefficient (Wildman–Crippen LogP) is 3.90. The molecule has 5 rings (SSSR count). The SMILES string of the molecule is CCCCOC(=O)C1[C@H]2C(=O)N(C(c3ccccc3)c3ccccc3)C[C@]23C=C[C@H]1O3. The summed E-state index contributed by atoms with van der Waals surface area (Å²) in [6.07, 6.45) is 5.31. The minimum Gasteiger partial charge on any atom is -0.465 e. The standard InChI is InChI=1S/C26H27NO4/c1-2-3-16-30-25(29)21-20-14-15-26(31-20)17-27(24(28)22(21)26)23(18-10-6-4-7-11-18)19-12-8-5-9-13-19/h4-15,20-23H,2-3,16-17H2,1H3/t20-,21?,22+,26-/m1/s1. The fraction of sp³-hybridized carbons (Fsp3) is 0.385. The number of rotatable bonds is 7. The van der Waals surface area contributed by atoms with Crippen LogP contribution in [0.1, 0.15) is 36.9 Å². The van der Waals surface area contributed by atoms with Crippen molar-refractivity contribution in [2.45, 2.75) is 37.5 Å². The van der Waals surface area contributed by atoms with Gasteiger partial charge in [0.1, 0.15) is 11.5 Å². The van der Waals surface area contributed by atoms with E-state index in [4.69, 9.17) is 9.47 Å². The molecule has 0 aromatic heterocycles. The van der Waals surface area contributed by atoms with Gasteiger partial charge in [0.15, 0.2) is 0 Å². The Labute approximate surface area is 182 Å². The number of nitrogens with zero attached hydrogens (tertiary/aromatic N) is 1. The number of fused-ring (bicyclic) bond motifs is 1. The molecule has 0 radical (unpaired) electrons. The molecule has 3 heterocycles. The maximum atomic E-state index is 13.8. The molecular weight excluding hydrogens is 390 g/mol. The Balaban J connectivity index is 1.49. The fourth-order valence-electron chi connectivity index (χ4n) is 5.25. The van der Waals surface area contributed by atoms with Crippen molar-refractivity contribution in [3.63, 3.8) is 0 Å². The third-order valence-corrected chi connectivity index (χ3v) is 6.69. The van der Waals surface area contributed by atoms with Crippen LogP contribution in [0.15, 0.2) is 72.8 Å². The summed E-state index contributed by atoms with van der Waals surface area (Å²) in [5.74, 6) is -1.47. The van der Waals surface area contributed by atoms with Crippen molar-refractivity contribution in [2.24, 2.45) is 11.8 Å². The highest BCUT2D eigenvalue weighted by Crippen LogP contribution is 2.54. The number of hydrogen-bond donors (Lipinski definition) is 0. The molecule has 2 bridgehead atoms. The third kappa shape index (κ3) is 3.28. The lowest BCUT2D eigenvalue weighted by atomic mass is 9.77. The van der Waals surface area contributed by atoms with Crippen molar-refractivity contribution in [1.29, 1.82) is 0 Å². The van der Waals surface area contributed by atoms with Crippen LogP contribution in [0.4, 0.5) is 0 Å². The summed E-state index contributed by atoms with van der Waals surface area (Å²) in [6.45, 7) is 2.87. The number of benzene rings is 2. The topological polar surface area (TPSA) is 55.8 Å². The molecule has 2 aromatic carbocycles. The second-order valence-corrected chi connectivity index (χ2v) is 8.61. The minimum atomic E-state index is -0.752. The highest BCUT2D eigenvalue weighted by atomic mass is 16.6. The number of carbonyl (C=O) groups excluding carboxylic acids is 2. The van der Waals surface area contributed by atoms with E-state index in [2.05, 4.69) is 6.92 Å². The van der Waals surface area contributed by atoms with E-state index in [0.717, 1.165) is 24.0 Å². The summed E-state index contributed by atoms with van der Waals surface area (Å²) in [7, 11) is 0. The zero-order valence-corrected chi connectivity index (χ0v) is 17.6. The van der Waals surface area contributed by atoms with E-state index in [1.54, 1.807) is 0 Å². The van der Waals surface area contributed by atoms with Crippen LogP contribution in [-0.2, 0) is 19.1 Å². The molecule has 3 aliphatic heterocycles. The van der Waals surface area contributed by atoms with Crippen LogP contribution >= 0.6 is 0 Å². The zero-order chi connectivity index (χ0) is 21.4. The Morgan fingerprint density at radius 1 is 1.13 bits per heavy atom. The highest BCUT2D eigenvalue weighted by Gasteiger charge is 2.68. The van der Waals surface area contributed by atoms with Crippen LogP contribution < -0.4 is 0 Å². The summed E-state index contributed by atoms with van der Waals surface area (Å²) < 4.78 is 11.8. The van der Waals surface area contributed by atoms with Gasteiger partial charge >= 0.3 is 5.97 Å². The number of esters is 1. The van der Waals surface area contributed by atoms with Crippen LogP contribution in [-0.4, -0.2) is 41.6 Å². The summed E-state index contributed by atoms with van der Waals surface area (Å²) in [4.78, 5) is 28.6. The Morgan fingerprint density at radius 3 is 2.39 bits per heavy atom. The highest BCUT2D eigenvalue weighted by molar-refractivity contribution is 5.91. The molecule has 3 aliphatic rings. The molecule has 31 heavy (non-hydrogen) atoms. The zero-order valence-electron chi connectivity index (χ0n) is 17.6. The Kier molecular flexibility index (Phi) is 5.14. The first-order valence-electron chi connectivity index (χ1n) is 11.1. The molecule has 1 unspecified atom stereocenters. The summed E-state index contributed by atoms with van der Waals surface area (Å²) in [5.41, 5.74) is 1.33. The van der Waals surface area contributed by atoms with Gasteiger partial charge in [-0.1, -0.05) is 86.2 Å². The van der Waals surface area contributed by atoms with E-state index in [1.165, 1.54) is 0 Å². The maximum absolute atomic E-state index is 13.8. The van der Waals surface area contributed by atoms with Crippen molar-refractivity contribution >= 4 is 11.9 Å². The quantitative estimate of drug-likeness (QED) is 0.390. The van der Waals surface area contributed by atoms with Gasteiger partial charge < -0.3 is 14.4 Å². The van der Waals surface area contributed by atoms with Crippen LogP contribution in [0, 0.1) is 11.8 Å². The van der Waals surface area contributed by atoms with Crippen LogP contribution in [0.2, 0.25) is 0 Å². The lowest BCUT2D eigenvalue weighted by Gasteiger charge is -2.31. The first-order valence-corrected chi connectivity index (χ1v) is 11.1. The lowest BCUT2D eigenvalue weighted by molar-refractivity contribution is -0.154. The van der Waals surface area contributed by atoms with Gasteiger partial charge in [-0.15, -0.1) is 0 Å². The molecule has 160 valence electrons. The number of ether oxygens (including phenoxy) is 2. The number of hydrogen-bond acceptors (Lipinski definition) is 4. The summed E-state index contributed by atoms with van der Waals surface area (Å²) in [5, 5.41) is 0. The van der Waals surface area contributed by atoms with Crippen molar-refractivity contribution < 1.29 is 19.1 Å². The second kappa shape index (κ2) is 7.97. The summed E-state index contributed by atoms with van der Waals surface area (Å²) >= 11 is 0. The van der Waals surface area contributed by atoms with Crippen LogP contribution in [0.3, 0.4) is 0 Å². The van der Waals surface area contributed by atoms with E-state index < -0.39 is 17.4 Å². The van der Waals surface area contributed by atoms with Crippen molar-refractivity contribution in [3.8, 4) is 0 Å². The average molecular weight is 418 g/mol. The first kappa shape index (κ1) is 20.0. The van der Waals surface area contributed by atoms with Gasteiger partial charge in [-0.3, -0.25) is 9.59 Å². The normalized spacial score (nSPS) is 28.4. The lowest BCUT2D eigenvalue weighted by Crippen LogP contribution is -2.40. The smallest absolute Gasteiger partial charge is 0.312 e. The van der Waals surface area contributed by atoms with Gasteiger partial charge in [-0.2, -0.15) is 0 Å². The molecular formula is C26H27NO4. The van der Waals surface area contributed by atoms with Crippen molar-refractivity contribution in [3.05, 3.63) is 83.9 Å². The van der Waals surface area contributed by atoms with Gasteiger partial charge in [0, 0.05) is 0 Å². The number of likely N-dealkylation sites (tertiary alicyclic amines) is 1. The molecule has 1 spiro atoms. The van der Waals surface area contributed by atoms with E-state index >= 15 is 0 Å². The van der Waals surface area contributed by atoms with Crippen molar-refractivity contribution in [2.75, 3.05) is 13.2 Å². The maximum Gasteiger partial charge on any atom is 0.312 e. The predicted molar refractivity (Wildman–Crippen MR) is 116 cm³/mol. The number of carbonyl (C=O) groups is 2. The average Bonchev–Trinajstić information content (AvgIpc) is 3.44. The van der Waals surface area contributed by atoms with E-state index in [9.17, 15) is 9.59 Å². The molecule has 2 saturated heterocycles. The molecule has 2 aromatic rings. The van der Waals surface area contributed by atoms with Gasteiger partial charge in [-0.25, -0.2) is 0 Å². The van der Waals surface area contributed by atoms with Crippen molar-refractivity contribution in [1.82, 2.24) is 4.90 Å². The van der Waals surface area contributed by atoms with Gasteiger partial charge in [0.05, 0.1) is 31.2 Å². The van der Waals surface area contributed by atoms with Gasteiger partial charge in [0.2, 0.25) is 5.91 Å². The fourth-order valence-corrected chi connectivity index (χ4v) is 5.25. The van der Waals surface area contributed by atoms with E-state index in [1.807, 2.05) is 77.7 Å². The van der Waals surface area contributed by atoms with E-state index in [0.29, 0.717) is 13.2 Å². The van der Waals surface area contributed by atoms with Gasteiger partial charge in [-0.05, 0) is 17.5 Å². The Morgan fingerprint density at radius 2 is 1.77 bits per heavy atom. The van der Waals surface area contributed by atoms with E-state index in [-0.39, 0.29) is 24.0 Å². The third-order valence-electron chi connectivity index (χ3n) is 6.69. The minimum absolute atomic E-state index is 0.0398. The molecule has 4 atom stereocenters. The Hall–Kier alpha value is -2.92. The molecule has 2 fully saturated rings. The summed E-state index contributed by atoms with van der Waals surface area (Å²) in [6, 6.07) is 19.8. The van der Waals surface area contributed by atoms with Crippen LogP contribution in [0.25, 0.3) is 0 Å². The largest absolute Gasteiger partial charge is 0.465 e. The molecule has 1 amide bonds. The first-order chi connectivity index (χ1) is 15.1. The number of unbranched alkanes of at least 4 members (excludes halogenated alkanes) is 1. The van der Waals surface area contributed by atoms with Crippen LogP contribution in [0.5, 0.6) is 0 Å².